The van der Waals surface area contributed by atoms with Crippen molar-refractivity contribution < 1.29 is 18.0 Å². The Morgan fingerprint density at radius 2 is 1.57 bits per heavy atom. The molecule has 2 aromatic carbocycles. The van der Waals surface area contributed by atoms with E-state index >= 15 is 0 Å². The van der Waals surface area contributed by atoms with Gasteiger partial charge in [0.1, 0.15) is 0 Å². The lowest BCUT2D eigenvalue weighted by Gasteiger charge is -2.08. The van der Waals surface area contributed by atoms with E-state index in [1.165, 1.54) is 24.3 Å². The van der Waals surface area contributed by atoms with E-state index in [0.717, 1.165) is 0 Å². The molecule has 0 saturated heterocycles. The lowest BCUT2D eigenvalue weighted by Crippen LogP contribution is -2.29. The molecule has 0 aliphatic carbocycles. The zero-order valence-electron chi connectivity index (χ0n) is 12.4. The Labute approximate surface area is 134 Å². The summed E-state index contributed by atoms with van der Waals surface area (Å²) in [6.45, 7) is 1.56. The van der Waals surface area contributed by atoms with Gasteiger partial charge in [-0.3, -0.25) is 9.59 Å². The Morgan fingerprint density at radius 1 is 0.957 bits per heavy atom. The summed E-state index contributed by atoms with van der Waals surface area (Å²) in [5, 5.41) is 2.67. The molecule has 6 nitrogen and oxygen atoms in total. The maximum Gasteiger partial charge on any atom is 0.264 e. The van der Waals surface area contributed by atoms with Crippen LogP contribution in [0.5, 0.6) is 0 Å². The van der Waals surface area contributed by atoms with Gasteiger partial charge >= 0.3 is 0 Å². The smallest absolute Gasteiger partial charge is 0.264 e. The Morgan fingerprint density at radius 3 is 2.13 bits per heavy atom. The first-order valence-corrected chi connectivity index (χ1v) is 8.43. The number of rotatable bonds is 5. The van der Waals surface area contributed by atoms with Crippen LogP contribution in [0.3, 0.4) is 0 Å². The molecule has 0 radical (unpaired) electrons. The predicted molar refractivity (Wildman–Crippen MR) is 86.5 cm³/mol. The zero-order chi connectivity index (χ0) is 16.9. The second kappa shape index (κ2) is 7.06. The molecular weight excluding hydrogens is 316 g/mol. The van der Waals surface area contributed by atoms with Crippen molar-refractivity contribution in [3.05, 3.63) is 60.2 Å². The number of benzene rings is 2. The highest BCUT2D eigenvalue weighted by Gasteiger charge is 2.16. The fourth-order valence-corrected chi connectivity index (χ4v) is 2.85. The number of nitrogens with one attached hydrogen (secondary N) is 2. The molecular formula is C16H16N2O4S. The Balaban J connectivity index is 2.11. The van der Waals surface area contributed by atoms with Crippen LogP contribution in [0.4, 0.5) is 5.69 Å². The Kier molecular flexibility index (Phi) is 5.13. The summed E-state index contributed by atoms with van der Waals surface area (Å²) < 4.78 is 25.8. The van der Waals surface area contributed by atoms with Crippen LogP contribution in [0.1, 0.15) is 23.7 Å². The van der Waals surface area contributed by atoms with Gasteiger partial charge in [-0.25, -0.2) is 13.1 Å². The summed E-state index contributed by atoms with van der Waals surface area (Å²) in [6.07, 6.45) is 0.0739. The lowest BCUT2D eigenvalue weighted by molar-refractivity contribution is -0.119. The highest BCUT2D eigenvalue weighted by atomic mass is 32.2. The molecule has 7 heteroatoms. The van der Waals surface area contributed by atoms with Gasteiger partial charge in [-0.2, -0.15) is 0 Å². The van der Waals surface area contributed by atoms with Gasteiger partial charge in [-0.1, -0.05) is 25.1 Å². The SMILES string of the molecule is CCC(=O)NS(=O)(=O)c1ccc(NC(=O)c2ccccc2)cc1. The fourth-order valence-electron chi connectivity index (χ4n) is 1.79. The van der Waals surface area contributed by atoms with Crippen molar-refractivity contribution in [1.29, 1.82) is 0 Å². The minimum absolute atomic E-state index is 0.0444. The molecule has 0 aliphatic heterocycles. The monoisotopic (exact) mass is 332 g/mol. The lowest BCUT2D eigenvalue weighted by atomic mass is 10.2. The third-order valence-corrected chi connectivity index (χ3v) is 4.42. The average Bonchev–Trinajstić information content (AvgIpc) is 2.55. The van der Waals surface area contributed by atoms with Gasteiger partial charge in [0.25, 0.3) is 15.9 Å². The van der Waals surface area contributed by atoms with Crippen LogP contribution in [0.2, 0.25) is 0 Å². The fraction of sp³-hybridized carbons (Fsp3) is 0.125. The summed E-state index contributed by atoms with van der Waals surface area (Å²) in [6, 6.07) is 14.2. The molecule has 2 N–H and O–H groups in total. The van der Waals surface area contributed by atoms with Crippen molar-refractivity contribution in [2.75, 3.05) is 5.32 Å². The van der Waals surface area contributed by atoms with Gasteiger partial charge in [-0.15, -0.1) is 0 Å². The summed E-state index contributed by atoms with van der Waals surface area (Å²) >= 11 is 0. The second-order valence-corrected chi connectivity index (χ2v) is 6.41. The maximum absolute atomic E-state index is 12.0. The number of carbonyl (C=O) groups excluding carboxylic acids is 2. The molecule has 0 aliphatic rings. The van der Waals surface area contributed by atoms with Crippen LogP contribution in [-0.2, 0) is 14.8 Å². The molecule has 0 heterocycles. The molecule has 23 heavy (non-hydrogen) atoms. The molecule has 2 aromatic rings. The van der Waals surface area contributed by atoms with Crippen LogP contribution in [-0.4, -0.2) is 20.2 Å². The van der Waals surface area contributed by atoms with Crippen molar-refractivity contribution in [3.8, 4) is 0 Å². The first kappa shape index (κ1) is 16.7. The molecule has 0 saturated carbocycles. The van der Waals surface area contributed by atoms with E-state index in [-0.39, 0.29) is 17.2 Å². The highest BCUT2D eigenvalue weighted by Crippen LogP contribution is 2.15. The molecule has 0 unspecified atom stereocenters. The van der Waals surface area contributed by atoms with Gasteiger partial charge in [0.05, 0.1) is 4.90 Å². The average molecular weight is 332 g/mol. The normalized spacial score (nSPS) is 10.8. The van der Waals surface area contributed by atoms with Gasteiger partial charge in [0.15, 0.2) is 0 Å². The van der Waals surface area contributed by atoms with Crippen molar-refractivity contribution in [2.45, 2.75) is 18.2 Å². The topological polar surface area (TPSA) is 92.3 Å². The van der Waals surface area contributed by atoms with Crippen LogP contribution in [0, 0.1) is 0 Å². The van der Waals surface area contributed by atoms with E-state index in [9.17, 15) is 18.0 Å². The van der Waals surface area contributed by atoms with Gasteiger partial charge in [-0.05, 0) is 36.4 Å². The maximum atomic E-state index is 12.0. The van der Waals surface area contributed by atoms with E-state index in [2.05, 4.69) is 5.32 Å². The molecule has 0 fully saturated rings. The van der Waals surface area contributed by atoms with Crippen LogP contribution >= 0.6 is 0 Å². The van der Waals surface area contributed by atoms with Gasteiger partial charge in [0.2, 0.25) is 5.91 Å². The van der Waals surface area contributed by atoms with Crippen molar-refractivity contribution in [3.63, 3.8) is 0 Å². The minimum atomic E-state index is -3.88. The van der Waals surface area contributed by atoms with Crippen LogP contribution < -0.4 is 10.0 Å². The number of carbonyl (C=O) groups is 2. The van der Waals surface area contributed by atoms with Gasteiger partial charge in [0, 0.05) is 17.7 Å². The molecule has 0 aromatic heterocycles. The Bertz CT molecular complexity index is 800. The van der Waals surface area contributed by atoms with E-state index in [0.29, 0.717) is 11.3 Å². The summed E-state index contributed by atoms with van der Waals surface area (Å²) in [5.41, 5.74) is 0.957. The predicted octanol–water partition coefficient (Wildman–Crippen LogP) is 2.15. The van der Waals surface area contributed by atoms with E-state index in [4.69, 9.17) is 0 Å². The summed E-state index contributed by atoms with van der Waals surface area (Å²) in [4.78, 5) is 23.2. The Hall–Kier alpha value is -2.67. The molecule has 0 atom stereocenters. The number of sulfonamides is 1. The summed E-state index contributed by atoms with van der Waals surface area (Å²) in [5.74, 6) is -0.869. The molecule has 0 bridgehead atoms. The third-order valence-electron chi connectivity index (χ3n) is 3.03. The first-order valence-electron chi connectivity index (χ1n) is 6.94. The van der Waals surface area contributed by atoms with Gasteiger partial charge < -0.3 is 5.32 Å². The number of amides is 2. The summed E-state index contributed by atoms with van der Waals surface area (Å²) in [7, 11) is -3.88. The van der Waals surface area contributed by atoms with Crippen molar-refractivity contribution in [2.24, 2.45) is 0 Å². The molecule has 120 valence electrons. The van der Waals surface area contributed by atoms with Crippen LogP contribution in [0.15, 0.2) is 59.5 Å². The molecule has 2 amide bonds. The molecule has 2 rings (SSSR count). The van der Waals surface area contributed by atoms with E-state index in [1.54, 1.807) is 37.3 Å². The van der Waals surface area contributed by atoms with Crippen molar-refractivity contribution in [1.82, 2.24) is 4.72 Å². The van der Waals surface area contributed by atoms with Crippen LogP contribution in [0.25, 0.3) is 0 Å². The van der Waals surface area contributed by atoms with Crippen molar-refractivity contribution >= 4 is 27.5 Å². The minimum Gasteiger partial charge on any atom is -0.322 e. The first-order chi connectivity index (χ1) is 10.9. The largest absolute Gasteiger partial charge is 0.322 e. The third kappa shape index (κ3) is 4.40. The second-order valence-electron chi connectivity index (χ2n) is 4.73. The number of hydrogen-bond donors (Lipinski definition) is 2. The zero-order valence-corrected chi connectivity index (χ0v) is 13.3. The quantitative estimate of drug-likeness (QED) is 0.877. The molecule has 0 spiro atoms. The number of hydrogen-bond acceptors (Lipinski definition) is 4. The standard InChI is InChI=1S/C16H16N2O4S/c1-2-15(19)18-23(21,22)14-10-8-13(9-11-14)17-16(20)12-6-4-3-5-7-12/h3-11H,2H2,1H3,(H,17,20)(H,18,19). The highest BCUT2D eigenvalue weighted by molar-refractivity contribution is 7.90. The van der Waals surface area contributed by atoms with E-state index in [1.807, 2.05) is 4.72 Å². The van der Waals surface area contributed by atoms with E-state index < -0.39 is 15.9 Å². The number of anilines is 1.